The molecule has 0 saturated carbocycles. The summed E-state index contributed by atoms with van der Waals surface area (Å²) in [5.41, 5.74) is 3.04. The van der Waals surface area contributed by atoms with Gasteiger partial charge in [-0.15, -0.1) is 0 Å². The Balaban J connectivity index is 1.70. The van der Waals surface area contributed by atoms with Crippen molar-refractivity contribution in [3.05, 3.63) is 70.3 Å². The fourth-order valence-corrected chi connectivity index (χ4v) is 2.02. The van der Waals surface area contributed by atoms with Gasteiger partial charge in [0.1, 0.15) is 5.65 Å². The van der Waals surface area contributed by atoms with Crippen LogP contribution in [-0.2, 0) is 13.1 Å². The van der Waals surface area contributed by atoms with Crippen molar-refractivity contribution < 1.29 is 0 Å². The minimum atomic E-state index is -0.0764. The lowest BCUT2D eigenvalue weighted by molar-refractivity contribution is 0.662. The molecule has 0 radical (unpaired) electrons. The van der Waals surface area contributed by atoms with Crippen LogP contribution in [0.5, 0.6) is 0 Å². The summed E-state index contributed by atoms with van der Waals surface area (Å²) in [5.74, 6) is 0. The summed E-state index contributed by atoms with van der Waals surface area (Å²) in [7, 11) is 0. The first kappa shape index (κ1) is 13.4. The molecule has 0 aromatic carbocycles. The quantitative estimate of drug-likeness (QED) is 0.775. The highest BCUT2D eigenvalue weighted by molar-refractivity contribution is 5.37. The van der Waals surface area contributed by atoms with E-state index in [2.05, 4.69) is 20.3 Å². The second kappa shape index (κ2) is 5.80. The molecule has 21 heavy (non-hydrogen) atoms. The van der Waals surface area contributed by atoms with Gasteiger partial charge < -0.3 is 5.32 Å². The van der Waals surface area contributed by atoms with E-state index in [4.69, 9.17) is 0 Å². The van der Waals surface area contributed by atoms with E-state index in [1.807, 2.05) is 25.1 Å². The third-order valence-corrected chi connectivity index (χ3v) is 3.07. The monoisotopic (exact) mass is 281 g/mol. The van der Waals surface area contributed by atoms with Crippen LogP contribution < -0.4 is 10.9 Å². The van der Waals surface area contributed by atoms with Gasteiger partial charge in [0.25, 0.3) is 5.56 Å². The summed E-state index contributed by atoms with van der Waals surface area (Å²) in [5, 5.41) is 3.22. The molecule has 0 fully saturated rings. The Bertz CT molecular complexity index is 810. The molecule has 0 bridgehead atoms. The minimum absolute atomic E-state index is 0.0764. The molecule has 6 heteroatoms. The molecule has 6 nitrogen and oxygen atoms in total. The summed E-state index contributed by atoms with van der Waals surface area (Å²) in [4.78, 5) is 24.8. The third kappa shape index (κ3) is 3.11. The Hall–Kier alpha value is -2.60. The maximum atomic E-state index is 11.9. The number of nitrogens with zero attached hydrogens (tertiary/aromatic N) is 4. The predicted octanol–water partition coefficient (Wildman–Crippen LogP) is 1.08. The standard InChI is InChI=1S/C15H15N5O/c1-11-7-18-13(10-17-11)9-16-8-12-6-15(21)20-5-3-2-4-14(20)19-12/h2-7,10,16H,8-9H2,1H3. The molecule has 3 rings (SSSR count). The average Bonchev–Trinajstić information content (AvgIpc) is 2.49. The second-order valence-corrected chi connectivity index (χ2v) is 4.77. The molecule has 3 heterocycles. The zero-order valence-corrected chi connectivity index (χ0v) is 11.7. The van der Waals surface area contributed by atoms with E-state index >= 15 is 0 Å². The van der Waals surface area contributed by atoms with Crippen LogP contribution in [0, 0.1) is 6.92 Å². The van der Waals surface area contributed by atoms with Gasteiger partial charge in [-0.3, -0.25) is 19.2 Å². The number of nitrogens with one attached hydrogen (secondary N) is 1. The number of aryl methyl sites for hydroxylation is 1. The summed E-state index contributed by atoms with van der Waals surface area (Å²) >= 11 is 0. The summed E-state index contributed by atoms with van der Waals surface area (Å²) in [6, 6.07) is 7.03. The normalized spacial score (nSPS) is 10.9. The second-order valence-electron chi connectivity index (χ2n) is 4.77. The first-order valence-corrected chi connectivity index (χ1v) is 6.68. The maximum Gasteiger partial charge on any atom is 0.258 e. The SMILES string of the molecule is Cc1cnc(CNCc2cc(=O)n3ccccc3n2)cn1. The van der Waals surface area contributed by atoms with E-state index in [1.165, 1.54) is 4.40 Å². The summed E-state index contributed by atoms with van der Waals surface area (Å²) in [6.45, 7) is 3.00. The summed E-state index contributed by atoms with van der Waals surface area (Å²) < 4.78 is 1.52. The first-order chi connectivity index (χ1) is 10.2. The van der Waals surface area contributed by atoms with E-state index in [0.717, 1.165) is 11.4 Å². The number of pyridine rings is 1. The van der Waals surface area contributed by atoms with Crippen LogP contribution in [0.3, 0.4) is 0 Å². The van der Waals surface area contributed by atoms with E-state index in [0.29, 0.717) is 24.4 Å². The number of hydrogen-bond donors (Lipinski definition) is 1. The van der Waals surface area contributed by atoms with Gasteiger partial charge in [0.05, 0.1) is 17.1 Å². The Morgan fingerprint density at radius 2 is 2.00 bits per heavy atom. The molecule has 1 N–H and O–H groups in total. The van der Waals surface area contributed by atoms with E-state index in [-0.39, 0.29) is 5.56 Å². The molecule has 0 aliphatic heterocycles. The fraction of sp³-hybridized carbons (Fsp3) is 0.200. The van der Waals surface area contributed by atoms with Crippen LogP contribution >= 0.6 is 0 Å². The third-order valence-electron chi connectivity index (χ3n) is 3.07. The molecular weight excluding hydrogens is 266 g/mol. The van der Waals surface area contributed by atoms with Gasteiger partial charge in [0, 0.05) is 37.7 Å². The highest BCUT2D eigenvalue weighted by Crippen LogP contribution is 1.99. The van der Waals surface area contributed by atoms with Crippen molar-refractivity contribution in [2.24, 2.45) is 0 Å². The smallest absolute Gasteiger partial charge is 0.258 e. The van der Waals surface area contributed by atoms with Crippen molar-refractivity contribution in [3.8, 4) is 0 Å². The lowest BCUT2D eigenvalue weighted by Gasteiger charge is -2.05. The molecule has 3 aromatic heterocycles. The van der Waals surface area contributed by atoms with Crippen molar-refractivity contribution in [1.29, 1.82) is 0 Å². The largest absolute Gasteiger partial charge is 0.305 e. The van der Waals surface area contributed by atoms with Crippen molar-refractivity contribution in [3.63, 3.8) is 0 Å². The van der Waals surface area contributed by atoms with Gasteiger partial charge in [0.2, 0.25) is 0 Å². The molecule has 0 atom stereocenters. The zero-order valence-electron chi connectivity index (χ0n) is 11.7. The van der Waals surface area contributed by atoms with Gasteiger partial charge in [0.15, 0.2) is 0 Å². The van der Waals surface area contributed by atoms with Crippen molar-refractivity contribution in [2.45, 2.75) is 20.0 Å². The molecule has 0 amide bonds. The highest BCUT2D eigenvalue weighted by Gasteiger charge is 2.02. The molecule has 0 spiro atoms. The minimum Gasteiger partial charge on any atom is -0.305 e. The van der Waals surface area contributed by atoms with Crippen molar-refractivity contribution in [2.75, 3.05) is 0 Å². The molecule has 3 aromatic rings. The Morgan fingerprint density at radius 1 is 1.14 bits per heavy atom. The predicted molar refractivity (Wildman–Crippen MR) is 78.8 cm³/mol. The van der Waals surface area contributed by atoms with Crippen molar-refractivity contribution in [1.82, 2.24) is 24.7 Å². The maximum absolute atomic E-state index is 11.9. The number of aromatic nitrogens is 4. The first-order valence-electron chi connectivity index (χ1n) is 6.68. The van der Waals surface area contributed by atoms with Gasteiger partial charge in [-0.2, -0.15) is 0 Å². The molecule has 0 saturated heterocycles. The number of fused-ring (bicyclic) bond motifs is 1. The van der Waals surface area contributed by atoms with E-state index < -0.39 is 0 Å². The number of rotatable bonds is 4. The highest BCUT2D eigenvalue weighted by atomic mass is 16.1. The molecule has 0 aliphatic carbocycles. The summed E-state index contributed by atoms with van der Waals surface area (Å²) in [6.07, 6.45) is 5.19. The van der Waals surface area contributed by atoms with Crippen LogP contribution in [-0.4, -0.2) is 19.4 Å². The van der Waals surface area contributed by atoms with Gasteiger partial charge in [-0.1, -0.05) is 6.07 Å². The van der Waals surface area contributed by atoms with Crippen LogP contribution in [0.4, 0.5) is 0 Å². The lowest BCUT2D eigenvalue weighted by atomic mass is 10.3. The molecule has 0 unspecified atom stereocenters. The van der Waals surface area contributed by atoms with Crippen molar-refractivity contribution >= 4 is 5.65 Å². The molecular formula is C15H15N5O. The van der Waals surface area contributed by atoms with E-state index in [9.17, 15) is 4.79 Å². The van der Waals surface area contributed by atoms with Crippen LogP contribution in [0.25, 0.3) is 5.65 Å². The Kier molecular flexibility index (Phi) is 3.70. The van der Waals surface area contributed by atoms with E-state index in [1.54, 1.807) is 24.7 Å². The van der Waals surface area contributed by atoms with Gasteiger partial charge in [-0.05, 0) is 19.1 Å². The molecule has 0 aliphatic rings. The van der Waals surface area contributed by atoms with Crippen LogP contribution in [0.15, 0.2) is 47.7 Å². The zero-order chi connectivity index (χ0) is 14.7. The molecule has 106 valence electrons. The number of hydrogen-bond acceptors (Lipinski definition) is 5. The van der Waals surface area contributed by atoms with Crippen LogP contribution in [0.2, 0.25) is 0 Å². The average molecular weight is 281 g/mol. The lowest BCUT2D eigenvalue weighted by Crippen LogP contribution is -2.20. The van der Waals surface area contributed by atoms with Gasteiger partial charge >= 0.3 is 0 Å². The Labute approximate surface area is 121 Å². The fourth-order valence-electron chi connectivity index (χ4n) is 2.02. The topological polar surface area (TPSA) is 72.2 Å². The van der Waals surface area contributed by atoms with Crippen LogP contribution in [0.1, 0.15) is 17.1 Å². The Morgan fingerprint density at radius 3 is 2.81 bits per heavy atom. The van der Waals surface area contributed by atoms with Gasteiger partial charge in [-0.25, -0.2) is 4.98 Å².